The van der Waals surface area contributed by atoms with Crippen molar-refractivity contribution < 1.29 is 4.79 Å². The van der Waals surface area contributed by atoms with Crippen LogP contribution in [0.4, 0.5) is 5.69 Å². The molecule has 0 saturated heterocycles. The average Bonchev–Trinajstić information content (AvgIpc) is 2.85. The van der Waals surface area contributed by atoms with E-state index in [1.54, 1.807) is 11.8 Å². The molecule has 0 radical (unpaired) electrons. The number of carbonyl (C=O) groups excluding carboxylic acids is 1. The maximum absolute atomic E-state index is 12.4. The fourth-order valence-electron chi connectivity index (χ4n) is 2.05. The quantitative estimate of drug-likeness (QED) is 0.638. The molecule has 1 amide bonds. The predicted molar refractivity (Wildman–Crippen MR) is 93.0 cm³/mol. The minimum absolute atomic E-state index is 0.167. The molecule has 0 bridgehead atoms. The number of benzene rings is 2. The highest BCUT2D eigenvalue weighted by Gasteiger charge is 2.16. The minimum Gasteiger partial charge on any atom is -0.321 e. The van der Waals surface area contributed by atoms with E-state index in [2.05, 4.69) is 5.32 Å². The summed E-state index contributed by atoms with van der Waals surface area (Å²) in [5.74, 6) is -0.167. The molecule has 2 nitrogen and oxygen atoms in total. The Hall–Kier alpha value is -1.49. The van der Waals surface area contributed by atoms with Crippen LogP contribution in [0, 0.1) is 0 Å². The van der Waals surface area contributed by atoms with Gasteiger partial charge in [0, 0.05) is 20.7 Å². The highest BCUT2D eigenvalue weighted by Crippen LogP contribution is 2.35. The van der Waals surface area contributed by atoms with E-state index in [4.69, 9.17) is 11.6 Å². The standard InChI is InChI=1S/C16H12ClNOS2/c1-20-11-6-4-5-10(9-11)18-16(19)15-14(17)12-7-2-3-8-13(12)21-15/h2-9H,1H3,(H,18,19). The number of fused-ring (bicyclic) bond motifs is 1. The molecule has 0 aliphatic heterocycles. The molecule has 0 saturated carbocycles. The molecular weight excluding hydrogens is 322 g/mol. The van der Waals surface area contributed by atoms with E-state index in [1.165, 1.54) is 11.3 Å². The molecule has 5 heteroatoms. The molecule has 1 aromatic heterocycles. The van der Waals surface area contributed by atoms with E-state index < -0.39 is 0 Å². The number of anilines is 1. The molecular formula is C16H12ClNOS2. The van der Waals surface area contributed by atoms with Gasteiger partial charge in [-0.05, 0) is 30.5 Å². The second kappa shape index (κ2) is 6.10. The lowest BCUT2D eigenvalue weighted by atomic mass is 10.2. The number of hydrogen-bond donors (Lipinski definition) is 1. The molecule has 3 rings (SSSR count). The lowest BCUT2D eigenvalue weighted by molar-refractivity contribution is 0.103. The molecule has 2 aromatic carbocycles. The number of amides is 1. The van der Waals surface area contributed by atoms with Crippen molar-refractivity contribution in [1.82, 2.24) is 0 Å². The van der Waals surface area contributed by atoms with Crippen LogP contribution < -0.4 is 5.32 Å². The van der Waals surface area contributed by atoms with Crippen molar-refractivity contribution in [2.24, 2.45) is 0 Å². The first-order valence-corrected chi connectivity index (χ1v) is 8.73. The van der Waals surface area contributed by atoms with Gasteiger partial charge in [-0.25, -0.2) is 0 Å². The van der Waals surface area contributed by atoms with Gasteiger partial charge >= 0.3 is 0 Å². The molecule has 21 heavy (non-hydrogen) atoms. The summed E-state index contributed by atoms with van der Waals surface area (Å²) >= 11 is 9.37. The van der Waals surface area contributed by atoms with Crippen LogP contribution in [-0.4, -0.2) is 12.2 Å². The SMILES string of the molecule is CSc1cccc(NC(=O)c2sc3ccccc3c2Cl)c1. The number of rotatable bonds is 3. The number of thioether (sulfide) groups is 1. The smallest absolute Gasteiger partial charge is 0.267 e. The van der Waals surface area contributed by atoms with Crippen LogP contribution in [0.15, 0.2) is 53.4 Å². The first-order chi connectivity index (χ1) is 10.2. The lowest BCUT2D eigenvalue weighted by Gasteiger charge is -2.05. The molecule has 0 aliphatic carbocycles. The Bertz CT molecular complexity index is 813. The fourth-order valence-corrected chi connectivity index (χ4v) is 3.92. The second-order valence-corrected chi connectivity index (χ2v) is 6.74. The Balaban J connectivity index is 1.91. The largest absolute Gasteiger partial charge is 0.321 e. The third-order valence-electron chi connectivity index (χ3n) is 3.07. The van der Waals surface area contributed by atoms with Gasteiger partial charge in [0.15, 0.2) is 0 Å². The number of thiophene rings is 1. The van der Waals surface area contributed by atoms with Gasteiger partial charge in [-0.3, -0.25) is 4.79 Å². The van der Waals surface area contributed by atoms with Crippen LogP contribution in [0.1, 0.15) is 9.67 Å². The molecule has 0 unspecified atom stereocenters. The third-order valence-corrected chi connectivity index (χ3v) is 5.47. The van der Waals surface area contributed by atoms with Crippen molar-refractivity contribution in [3.8, 4) is 0 Å². The highest BCUT2D eigenvalue weighted by atomic mass is 35.5. The van der Waals surface area contributed by atoms with Crippen LogP contribution in [0.3, 0.4) is 0 Å². The summed E-state index contributed by atoms with van der Waals surface area (Å²) in [5, 5.41) is 4.35. The Morgan fingerprint density at radius 2 is 2.00 bits per heavy atom. The van der Waals surface area contributed by atoms with Crippen LogP contribution in [0.5, 0.6) is 0 Å². The summed E-state index contributed by atoms with van der Waals surface area (Å²) in [6.45, 7) is 0. The summed E-state index contributed by atoms with van der Waals surface area (Å²) in [4.78, 5) is 14.1. The van der Waals surface area contributed by atoms with E-state index in [0.717, 1.165) is 20.7 Å². The number of halogens is 1. The maximum atomic E-state index is 12.4. The summed E-state index contributed by atoms with van der Waals surface area (Å²) in [6.07, 6.45) is 2.00. The van der Waals surface area contributed by atoms with Crippen molar-refractivity contribution >= 4 is 56.4 Å². The lowest BCUT2D eigenvalue weighted by Crippen LogP contribution is -2.10. The summed E-state index contributed by atoms with van der Waals surface area (Å²) < 4.78 is 1.02. The van der Waals surface area contributed by atoms with E-state index in [1.807, 2.05) is 54.8 Å². The van der Waals surface area contributed by atoms with Gasteiger partial charge in [0.25, 0.3) is 5.91 Å². The Morgan fingerprint density at radius 1 is 1.19 bits per heavy atom. The van der Waals surface area contributed by atoms with E-state index in [9.17, 15) is 4.79 Å². The van der Waals surface area contributed by atoms with Gasteiger partial charge in [-0.15, -0.1) is 23.1 Å². The summed E-state index contributed by atoms with van der Waals surface area (Å²) in [7, 11) is 0. The highest BCUT2D eigenvalue weighted by molar-refractivity contribution is 7.98. The Labute approximate surface area is 136 Å². The molecule has 0 atom stereocenters. The van der Waals surface area contributed by atoms with Gasteiger partial charge in [0.2, 0.25) is 0 Å². The molecule has 0 spiro atoms. The van der Waals surface area contributed by atoms with Crippen molar-refractivity contribution in [2.45, 2.75) is 4.90 Å². The molecule has 1 heterocycles. The first-order valence-electron chi connectivity index (χ1n) is 6.31. The van der Waals surface area contributed by atoms with Crippen LogP contribution in [0.25, 0.3) is 10.1 Å². The summed E-state index contributed by atoms with van der Waals surface area (Å²) in [6, 6.07) is 15.5. The molecule has 0 fully saturated rings. The van der Waals surface area contributed by atoms with Crippen LogP contribution in [0.2, 0.25) is 5.02 Å². The van der Waals surface area contributed by atoms with E-state index >= 15 is 0 Å². The van der Waals surface area contributed by atoms with Gasteiger partial charge in [0.1, 0.15) is 4.88 Å². The molecule has 106 valence electrons. The Morgan fingerprint density at radius 3 is 2.76 bits per heavy atom. The van der Waals surface area contributed by atoms with Crippen LogP contribution in [-0.2, 0) is 0 Å². The maximum Gasteiger partial charge on any atom is 0.267 e. The molecule has 0 aliphatic rings. The van der Waals surface area contributed by atoms with E-state index in [0.29, 0.717) is 9.90 Å². The second-order valence-electron chi connectivity index (χ2n) is 4.43. The zero-order valence-corrected chi connectivity index (χ0v) is 13.6. The number of carbonyl (C=O) groups is 1. The van der Waals surface area contributed by atoms with Crippen molar-refractivity contribution in [3.63, 3.8) is 0 Å². The molecule has 1 N–H and O–H groups in total. The van der Waals surface area contributed by atoms with Crippen molar-refractivity contribution in [2.75, 3.05) is 11.6 Å². The van der Waals surface area contributed by atoms with Gasteiger partial charge in [-0.2, -0.15) is 0 Å². The Kier molecular flexibility index (Phi) is 4.19. The van der Waals surface area contributed by atoms with E-state index in [-0.39, 0.29) is 5.91 Å². The first kappa shape index (κ1) is 14.4. The zero-order valence-electron chi connectivity index (χ0n) is 11.2. The van der Waals surface area contributed by atoms with Crippen molar-refractivity contribution in [1.29, 1.82) is 0 Å². The van der Waals surface area contributed by atoms with Gasteiger partial charge in [-0.1, -0.05) is 35.9 Å². The average molecular weight is 334 g/mol. The minimum atomic E-state index is -0.167. The summed E-state index contributed by atoms with van der Waals surface area (Å²) in [5.41, 5.74) is 0.778. The predicted octanol–water partition coefficient (Wildman–Crippen LogP) is 5.53. The number of hydrogen-bond acceptors (Lipinski definition) is 3. The topological polar surface area (TPSA) is 29.1 Å². The van der Waals surface area contributed by atoms with Crippen molar-refractivity contribution in [3.05, 3.63) is 58.4 Å². The van der Waals surface area contributed by atoms with Crippen LogP contribution >= 0.6 is 34.7 Å². The molecule has 3 aromatic rings. The number of nitrogens with one attached hydrogen (secondary N) is 1. The monoisotopic (exact) mass is 333 g/mol. The van der Waals surface area contributed by atoms with Gasteiger partial charge < -0.3 is 5.32 Å². The third kappa shape index (κ3) is 2.93. The van der Waals surface area contributed by atoms with Gasteiger partial charge in [0.05, 0.1) is 5.02 Å². The zero-order chi connectivity index (χ0) is 14.8. The normalized spacial score (nSPS) is 10.8. The fraction of sp³-hybridized carbons (Fsp3) is 0.0625.